The molecule has 0 saturated carbocycles. The first-order chi connectivity index (χ1) is 13.7. The van der Waals surface area contributed by atoms with Crippen molar-refractivity contribution in [1.82, 2.24) is 19.8 Å². The van der Waals surface area contributed by atoms with Gasteiger partial charge in [0.1, 0.15) is 0 Å². The molecule has 0 unspecified atom stereocenters. The second-order valence-corrected chi connectivity index (χ2v) is 9.56. The van der Waals surface area contributed by atoms with Crippen LogP contribution in [0.15, 0.2) is 29.3 Å². The van der Waals surface area contributed by atoms with Crippen molar-refractivity contribution in [3.05, 3.63) is 35.4 Å². The van der Waals surface area contributed by atoms with Crippen LogP contribution in [0.3, 0.4) is 0 Å². The van der Waals surface area contributed by atoms with Gasteiger partial charge in [-0.05, 0) is 43.4 Å². The summed E-state index contributed by atoms with van der Waals surface area (Å²) in [5.74, 6) is 1.15. The summed E-state index contributed by atoms with van der Waals surface area (Å²) < 4.78 is 24.8. The van der Waals surface area contributed by atoms with Crippen LogP contribution in [0.1, 0.15) is 35.7 Å². The smallest absolute Gasteiger partial charge is 0.253 e. The van der Waals surface area contributed by atoms with Gasteiger partial charge in [-0.1, -0.05) is 12.1 Å². The number of rotatable bonds is 7. The largest absolute Gasteiger partial charge is 0.357 e. The van der Waals surface area contributed by atoms with E-state index in [0.29, 0.717) is 31.1 Å². The van der Waals surface area contributed by atoms with E-state index in [1.807, 2.05) is 31.2 Å². The molecule has 1 aromatic carbocycles. The molecule has 1 amide bonds. The minimum atomic E-state index is -3.09. The number of amides is 1. The highest BCUT2D eigenvalue weighted by molar-refractivity contribution is 7.88. The van der Waals surface area contributed by atoms with Crippen molar-refractivity contribution in [2.24, 2.45) is 10.9 Å². The van der Waals surface area contributed by atoms with Crippen LogP contribution in [0.25, 0.3) is 0 Å². The molecule has 29 heavy (non-hydrogen) atoms. The Bertz CT molecular complexity index is 798. The van der Waals surface area contributed by atoms with Crippen LogP contribution in [0.5, 0.6) is 0 Å². The zero-order chi connectivity index (χ0) is 21.4. The molecule has 0 atom stereocenters. The molecule has 0 aromatic heterocycles. The van der Waals surface area contributed by atoms with Gasteiger partial charge in [0.25, 0.3) is 5.91 Å². The lowest BCUT2D eigenvalue weighted by atomic mass is 9.98. The van der Waals surface area contributed by atoms with Crippen LogP contribution >= 0.6 is 0 Å². The zero-order valence-electron chi connectivity index (χ0n) is 17.8. The fraction of sp³-hybridized carbons (Fsp3) is 0.600. The van der Waals surface area contributed by atoms with E-state index in [4.69, 9.17) is 0 Å². The van der Waals surface area contributed by atoms with E-state index in [-0.39, 0.29) is 5.91 Å². The molecule has 0 radical (unpaired) electrons. The van der Waals surface area contributed by atoms with E-state index in [9.17, 15) is 13.2 Å². The molecule has 1 aliphatic rings. The van der Waals surface area contributed by atoms with Gasteiger partial charge in [0, 0.05) is 45.8 Å². The number of sulfonamides is 1. The lowest BCUT2D eigenvalue weighted by molar-refractivity contribution is 0.0827. The fourth-order valence-electron chi connectivity index (χ4n) is 3.21. The van der Waals surface area contributed by atoms with Crippen molar-refractivity contribution in [3.8, 4) is 0 Å². The molecule has 0 spiro atoms. The van der Waals surface area contributed by atoms with Gasteiger partial charge in [0.2, 0.25) is 10.0 Å². The van der Waals surface area contributed by atoms with Gasteiger partial charge in [0.15, 0.2) is 5.96 Å². The number of aliphatic imine (C=N–C) groups is 1. The van der Waals surface area contributed by atoms with Gasteiger partial charge in [-0.2, -0.15) is 0 Å². The van der Waals surface area contributed by atoms with E-state index in [1.54, 1.807) is 23.3 Å². The number of piperidine rings is 1. The molecule has 1 heterocycles. The average molecular weight is 424 g/mol. The monoisotopic (exact) mass is 423 g/mol. The van der Waals surface area contributed by atoms with E-state index in [1.165, 1.54) is 6.26 Å². The summed E-state index contributed by atoms with van der Waals surface area (Å²) in [4.78, 5) is 18.1. The molecule has 0 aliphatic carbocycles. The maximum absolute atomic E-state index is 12.0. The molecule has 9 heteroatoms. The highest BCUT2D eigenvalue weighted by Gasteiger charge is 2.24. The molecule has 8 nitrogen and oxygen atoms in total. The molecule has 0 bridgehead atoms. The first-order valence-electron chi connectivity index (χ1n) is 9.98. The van der Waals surface area contributed by atoms with Crippen LogP contribution < -0.4 is 10.6 Å². The Kier molecular flexibility index (Phi) is 8.45. The zero-order valence-corrected chi connectivity index (χ0v) is 18.6. The topological polar surface area (TPSA) is 94.1 Å². The standard InChI is InChI=1S/C20H33N5O3S/c1-5-21-20(23-15-17-10-12-25(13-11-17)29(4,27)28)22-14-16-6-8-18(9-7-16)19(26)24(2)3/h6-9,17H,5,10-15H2,1-4H3,(H2,21,22,23). The Hall–Kier alpha value is -2.13. The summed E-state index contributed by atoms with van der Waals surface area (Å²) in [5.41, 5.74) is 1.69. The number of hydrogen-bond acceptors (Lipinski definition) is 4. The Labute approximate surface area is 174 Å². The van der Waals surface area contributed by atoms with Gasteiger partial charge in [-0.15, -0.1) is 0 Å². The van der Waals surface area contributed by atoms with Crippen molar-refractivity contribution in [1.29, 1.82) is 0 Å². The Balaban J connectivity index is 1.87. The van der Waals surface area contributed by atoms with Crippen molar-refractivity contribution in [2.75, 3.05) is 46.5 Å². The van der Waals surface area contributed by atoms with E-state index >= 15 is 0 Å². The third-order valence-electron chi connectivity index (χ3n) is 4.97. The molecule has 2 N–H and O–H groups in total. The summed E-state index contributed by atoms with van der Waals surface area (Å²) >= 11 is 0. The number of hydrogen-bond donors (Lipinski definition) is 2. The first-order valence-corrected chi connectivity index (χ1v) is 11.8. The van der Waals surface area contributed by atoms with E-state index in [0.717, 1.165) is 37.5 Å². The summed E-state index contributed by atoms with van der Waals surface area (Å²) in [6, 6.07) is 7.49. The van der Waals surface area contributed by atoms with Crippen LogP contribution in [-0.2, 0) is 16.6 Å². The van der Waals surface area contributed by atoms with Crippen molar-refractivity contribution in [3.63, 3.8) is 0 Å². The summed E-state index contributed by atoms with van der Waals surface area (Å²) in [7, 11) is 0.383. The quantitative estimate of drug-likeness (QED) is 0.506. The Morgan fingerprint density at radius 1 is 1.17 bits per heavy atom. The lowest BCUT2D eigenvalue weighted by Gasteiger charge is -2.30. The highest BCUT2D eigenvalue weighted by atomic mass is 32.2. The predicted molar refractivity (Wildman–Crippen MR) is 116 cm³/mol. The molecule has 162 valence electrons. The predicted octanol–water partition coefficient (Wildman–Crippen LogP) is 1.12. The van der Waals surface area contributed by atoms with Gasteiger partial charge >= 0.3 is 0 Å². The Morgan fingerprint density at radius 2 is 1.79 bits per heavy atom. The number of benzene rings is 1. The van der Waals surface area contributed by atoms with Gasteiger partial charge in [0.05, 0.1) is 12.8 Å². The third-order valence-corrected chi connectivity index (χ3v) is 6.27. The van der Waals surface area contributed by atoms with E-state index < -0.39 is 10.0 Å². The number of carbonyl (C=O) groups excluding carboxylic acids is 1. The van der Waals surface area contributed by atoms with Gasteiger partial charge < -0.3 is 15.5 Å². The van der Waals surface area contributed by atoms with Crippen LogP contribution in [0.4, 0.5) is 0 Å². The SMILES string of the molecule is CCNC(=NCc1ccc(C(=O)N(C)C)cc1)NCC1CCN(S(C)(=O)=O)CC1. The van der Waals surface area contributed by atoms with Crippen molar-refractivity contribution >= 4 is 21.9 Å². The lowest BCUT2D eigenvalue weighted by Crippen LogP contribution is -2.44. The minimum absolute atomic E-state index is 0.0167. The summed E-state index contributed by atoms with van der Waals surface area (Å²) in [6.07, 6.45) is 2.96. The number of nitrogens with zero attached hydrogens (tertiary/aromatic N) is 3. The maximum atomic E-state index is 12.0. The molecular formula is C20H33N5O3S. The summed E-state index contributed by atoms with van der Waals surface area (Å²) in [5, 5.41) is 6.61. The van der Waals surface area contributed by atoms with Crippen LogP contribution in [0, 0.1) is 5.92 Å². The second-order valence-electron chi connectivity index (χ2n) is 7.58. The number of guanidine groups is 1. The molecule has 1 aliphatic heterocycles. The highest BCUT2D eigenvalue weighted by Crippen LogP contribution is 2.18. The molecule has 2 rings (SSSR count). The Morgan fingerprint density at radius 3 is 2.31 bits per heavy atom. The fourth-order valence-corrected chi connectivity index (χ4v) is 4.08. The van der Waals surface area contributed by atoms with Crippen molar-refractivity contribution < 1.29 is 13.2 Å². The van der Waals surface area contributed by atoms with Crippen LogP contribution in [0.2, 0.25) is 0 Å². The summed E-state index contributed by atoms with van der Waals surface area (Å²) in [6.45, 7) is 5.21. The molecular weight excluding hydrogens is 390 g/mol. The van der Waals surface area contributed by atoms with Gasteiger partial charge in [-0.3, -0.25) is 4.79 Å². The number of nitrogens with one attached hydrogen (secondary N) is 2. The molecule has 1 aromatic rings. The van der Waals surface area contributed by atoms with Crippen molar-refractivity contribution in [2.45, 2.75) is 26.3 Å². The maximum Gasteiger partial charge on any atom is 0.253 e. The van der Waals surface area contributed by atoms with Crippen LogP contribution in [-0.4, -0.2) is 76.0 Å². The molecule has 1 fully saturated rings. The molecule has 1 saturated heterocycles. The second kappa shape index (κ2) is 10.6. The average Bonchev–Trinajstić information content (AvgIpc) is 2.69. The number of carbonyl (C=O) groups is 1. The normalized spacial score (nSPS) is 16.5. The van der Waals surface area contributed by atoms with Gasteiger partial charge in [-0.25, -0.2) is 17.7 Å². The first kappa shape index (κ1) is 23.2. The van der Waals surface area contributed by atoms with E-state index in [2.05, 4.69) is 15.6 Å². The third kappa shape index (κ3) is 7.32. The minimum Gasteiger partial charge on any atom is -0.357 e.